The average molecular weight is 219 g/mol. The van der Waals surface area contributed by atoms with Crippen LogP contribution in [0, 0.1) is 4.91 Å². The van der Waals surface area contributed by atoms with Crippen LogP contribution < -0.4 is 0 Å². The molecule has 1 rings (SSSR count). The third kappa shape index (κ3) is 8.62. The Morgan fingerprint density at radius 3 is 1.86 bits per heavy atom. The minimum atomic E-state index is -3.67. The molecule has 7 heteroatoms. The molecule has 0 heterocycles. The van der Waals surface area contributed by atoms with Crippen LogP contribution in [0.25, 0.3) is 0 Å². The van der Waals surface area contributed by atoms with Crippen molar-refractivity contribution in [3.05, 3.63) is 29.2 Å². The molecule has 78 valence electrons. The highest BCUT2D eigenvalue weighted by Crippen LogP contribution is 2.15. The third-order valence-electron chi connectivity index (χ3n) is 0.955. The molecule has 0 aromatic heterocycles. The first-order valence-electron chi connectivity index (χ1n) is 3.38. The topological polar surface area (TPSA) is 104 Å². The third-order valence-corrected chi connectivity index (χ3v) is 0.955. The molecule has 0 aliphatic rings. The molecular weight excluding hydrogens is 210 g/mol. The Balaban J connectivity index is 0.000000292. The predicted molar refractivity (Wildman–Crippen MR) is 51.0 cm³/mol. The van der Waals surface area contributed by atoms with Crippen molar-refractivity contribution < 1.29 is 18.1 Å². The van der Waals surface area contributed by atoms with Crippen molar-refractivity contribution in [1.29, 1.82) is 0 Å². The molecule has 0 radical (unpaired) electrons. The maximum Gasteiger partial charge on any atom is 0.261 e. The lowest BCUT2D eigenvalue weighted by molar-refractivity contribution is 0.475. The van der Waals surface area contributed by atoms with Crippen molar-refractivity contribution in [3.8, 4) is 5.75 Å². The SMILES string of the molecule is CS(=O)(=O)O.O=Nc1ccc(O)cc1. The number of nitrogens with zero attached hydrogens (tertiary/aromatic N) is 1. The van der Waals surface area contributed by atoms with Gasteiger partial charge in [0.05, 0.1) is 6.26 Å². The van der Waals surface area contributed by atoms with E-state index in [0.717, 1.165) is 0 Å². The maximum atomic E-state index is 9.79. The number of benzene rings is 1. The summed E-state index contributed by atoms with van der Waals surface area (Å²) < 4.78 is 25.9. The van der Waals surface area contributed by atoms with E-state index < -0.39 is 10.1 Å². The quantitative estimate of drug-likeness (QED) is 0.547. The van der Waals surface area contributed by atoms with E-state index >= 15 is 0 Å². The summed E-state index contributed by atoms with van der Waals surface area (Å²) in [6.07, 6.45) is 0.715. The van der Waals surface area contributed by atoms with E-state index in [9.17, 15) is 13.3 Å². The Bertz CT molecular complexity index is 375. The second kappa shape index (κ2) is 5.30. The summed E-state index contributed by atoms with van der Waals surface area (Å²) in [5, 5.41) is 11.4. The second-order valence-electron chi connectivity index (χ2n) is 2.34. The van der Waals surface area contributed by atoms with E-state index in [1.54, 1.807) is 0 Å². The van der Waals surface area contributed by atoms with Crippen LogP contribution in [0.1, 0.15) is 0 Å². The highest BCUT2D eigenvalue weighted by atomic mass is 32.2. The fourth-order valence-corrected chi connectivity index (χ4v) is 0.513. The van der Waals surface area contributed by atoms with Crippen LogP contribution in [0.4, 0.5) is 5.69 Å². The van der Waals surface area contributed by atoms with Crippen molar-refractivity contribution in [2.45, 2.75) is 0 Å². The van der Waals surface area contributed by atoms with Crippen molar-refractivity contribution in [1.82, 2.24) is 0 Å². The molecular formula is C7H9NO5S. The molecule has 0 saturated heterocycles. The summed E-state index contributed by atoms with van der Waals surface area (Å²) in [6, 6.07) is 5.72. The Labute approximate surface area is 80.9 Å². The summed E-state index contributed by atoms with van der Waals surface area (Å²) in [7, 11) is -3.67. The number of nitroso groups, excluding NO2 is 1. The molecule has 1 aromatic rings. The van der Waals surface area contributed by atoms with Crippen LogP contribution in [0.2, 0.25) is 0 Å². The van der Waals surface area contributed by atoms with Gasteiger partial charge >= 0.3 is 0 Å². The van der Waals surface area contributed by atoms with Crippen LogP contribution in [0.3, 0.4) is 0 Å². The second-order valence-corrected chi connectivity index (χ2v) is 3.81. The Morgan fingerprint density at radius 1 is 1.21 bits per heavy atom. The molecule has 1 aromatic carbocycles. The van der Waals surface area contributed by atoms with Gasteiger partial charge in [-0.05, 0) is 29.4 Å². The van der Waals surface area contributed by atoms with Gasteiger partial charge in [-0.15, -0.1) is 4.91 Å². The van der Waals surface area contributed by atoms with E-state index in [4.69, 9.17) is 9.66 Å². The molecule has 0 atom stereocenters. The summed E-state index contributed by atoms with van der Waals surface area (Å²) >= 11 is 0. The Hall–Kier alpha value is -1.47. The lowest BCUT2D eigenvalue weighted by Crippen LogP contribution is -1.88. The van der Waals surface area contributed by atoms with Gasteiger partial charge in [0.25, 0.3) is 10.1 Å². The summed E-state index contributed by atoms with van der Waals surface area (Å²) in [6.45, 7) is 0. The Morgan fingerprint density at radius 2 is 1.57 bits per heavy atom. The first-order valence-corrected chi connectivity index (χ1v) is 5.22. The number of aromatic hydroxyl groups is 1. The normalized spacial score (nSPS) is 9.86. The predicted octanol–water partition coefficient (Wildman–Crippen LogP) is 1.29. The van der Waals surface area contributed by atoms with Gasteiger partial charge in [0.2, 0.25) is 0 Å². The number of hydrogen-bond acceptors (Lipinski definition) is 5. The number of phenolic OH excluding ortho intramolecular Hbond substituents is 1. The van der Waals surface area contributed by atoms with E-state index in [0.29, 0.717) is 11.9 Å². The van der Waals surface area contributed by atoms with Crippen LogP contribution >= 0.6 is 0 Å². The van der Waals surface area contributed by atoms with Crippen LogP contribution in [0.5, 0.6) is 5.75 Å². The molecule has 2 N–H and O–H groups in total. The fourth-order valence-electron chi connectivity index (χ4n) is 0.513. The highest BCUT2D eigenvalue weighted by molar-refractivity contribution is 7.85. The zero-order valence-corrected chi connectivity index (χ0v) is 8.10. The lowest BCUT2D eigenvalue weighted by Gasteiger charge is -1.87. The van der Waals surface area contributed by atoms with Crippen molar-refractivity contribution in [2.24, 2.45) is 5.18 Å². The first-order chi connectivity index (χ1) is 6.33. The molecule has 0 aliphatic carbocycles. The molecule has 0 aliphatic heterocycles. The van der Waals surface area contributed by atoms with Gasteiger partial charge in [-0.3, -0.25) is 4.55 Å². The van der Waals surface area contributed by atoms with E-state index in [-0.39, 0.29) is 5.75 Å². The molecule has 14 heavy (non-hydrogen) atoms. The lowest BCUT2D eigenvalue weighted by atomic mass is 10.3. The molecule has 0 saturated carbocycles. The van der Waals surface area contributed by atoms with Crippen molar-refractivity contribution in [3.63, 3.8) is 0 Å². The highest BCUT2D eigenvalue weighted by Gasteiger charge is 1.88. The molecule has 6 nitrogen and oxygen atoms in total. The van der Waals surface area contributed by atoms with Crippen molar-refractivity contribution >= 4 is 15.8 Å². The van der Waals surface area contributed by atoms with Crippen LogP contribution in [-0.4, -0.2) is 24.3 Å². The molecule has 0 amide bonds. The number of phenols is 1. The minimum absolute atomic E-state index is 0.141. The largest absolute Gasteiger partial charge is 0.508 e. The smallest absolute Gasteiger partial charge is 0.261 e. The Kier molecular flexibility index (Phi) is 4.74. The van der Waals surface area contributed by atoms with Gasteiger partial charge in [0.15, 0.2) is 0 Å². The van der Waals surface area contributed by atoms with Crippen LogP contribution in [0.15, 0.2) is 29.4 Å². The summed E-state index contributed by atoms with van der Waals surface area (Å²) in [5.74, 6) is 0.141. The molecule has 0 unspecified atom stereocenters. The zero-order valence-electron chi connectivity index (χ0n) is 7.28. The average Bonchev–Trinajstić information content (AvgIpc) is 2.03. The van der Waals surface area contributed by atoms with Gasteiger partial charge in [0, 0.05) is 0 Å². The van der Waals surface area contributed by atoms with Crippen LogP contribution in [-0.2, 0) is 10.1 Å². The van der Waals surface area contributed by atoms with Gasteiger partial charge in [0.1, 0.15) is 11.4 Å². The first kappa shape index (κ1) is 12.5. The van der Waals surface area contributed by atoms with Gasteiger partial charge in [-0.2, -0.15) is 8.42 Å². The van der Waals surface area contributed by atoms with Gasteiger partial charge in [-0.25, -0.2) is 0 Å². The van der Waals surface area contributed by atoms with Crippen molar-refractivity contribution in [2.75, 3.05) is 6.26 Å². The standard InChI is InChI=1S/C6H5NO2.CH4O3S/c8-6-3-1-5(7-9)2-4-6;1-5(2,3)4/h1-4,8H;1H3,(H,2,3,4). The minimum Gasteiger partial charge on any atom is -0.508 e. The monoisotopic (exact) mass is 219 g/mol. The summed E-state index contributed by atoms with van der Waals surface area (Å²) in [5.41, 5.74) is 0.327. The van der Waals surface area contributed by atoms with E-state index in [1.165, 1.54) is 24.3 Å². The van der Waals surface area contributed by atoms with Gasteiger partial charge < -0.3 is 5.11 Å². The van der Waals surface area contributed by atoms with E-state index in [1.807, 2.05) is 0 Å². The zero-order chi connectivity index (χ0) is 11.2. The summed E-state index contributed by atoms with van der Waals surface area (Å²) in [4.78, 5) is 9.79. The molecule has 0 bridgehead atoms. The fraction of sp³-hybridized carbons (Fsp3) is 0.143. The molecule has 0 fully saturated rings. The maximum absolute atomic E-state index is 9.79. The number of rotatable bonds is 1. The van der Waals surface area contributed by atoms with Gasteiger partial charge in [-0.1, -0.05) is 0 Å². The number of hydrogen-bond donors (Lipinski definition) is 2. The van der Waals surface area contributed by atoms with E-state index in [2.05, 4.69) is 5.18 Å². The molecule has 0 spiro atoms.